The smallest absolute Gasteiger partial charge is 0.251 e. The second-order valence-electron chi connectivity index (χ2n) is 7.21. The highest BCUT2D eigenvalue weighted by molar-refractivity contribution is 5.80. The predicted octanol–water partition coefficient (Wildman–Crippen LogP) is 0.898. The van der Waals surface area contributed by atoms with Crippen LogP contribution >= 0.6 is 0 Å². The van der Waals surface area contributed by atoms with Gasteiger partial charge in [0.25, 0.3) is 5.91 Å². The molecular formula is C19H28FN5O2. The van der Waals surface area contributed by atoms with Crippen LogP contribution in [-0.2, 0) is 9.53 Å². The number of nitrogens with two attached hydrogens (primary N) is 1. The number of hydrogen-bond donors (Lipinski definition) is 1. The van der Waals surface area contributed by atoms with Crippen molar-refractivity contribution in [2.24, 2.45) is 10.7 Å². The lowest BCUT2D eigenvalue weighted by Gasteiger charge is -2.36. The van der Waals surface area contributed by atoms with E-state index in [9.17, 15) is 9.18 Å². The Hall–Kier alpha value is -2.35. The molecular weight excluding hydrogens is 349 g/mol. The number of guanidine groups is 1. The first-order chi connectivity index (χ1) is 12.9. The number of amides is 1. The molecule has 148 valence electrons. The van der Waals surface area contributed by atoms with Gasteiger partial charge in [-0.3, -0.25) is 9.79 Å². The minimum absolute atomic E-state index is 0.00590. The number of benzene rings is 1. The van der Waals surface area contributed by atoms with Crippen molar-refractivity contribution >= 4 is 17.6 Å². The normalized spacial score (nSPS) is 23.6. The molecule has 2 aliphatic rings. The lowest BCUT2D eigenvalue weighted by Crippen LogP contribution is -2.51. The van der Waals surface area contributed by atoms with E-state index in [0.29, 0.717) is 12.5 Å². The lowest BCUT2D eigenvalue weighted by atomic mass is 10.2. The summed E-state index contributed by atoms with van der Waals surface area (Å²) in [5, 5.41) is 0. The van der Waals surface area contributed by atoms with Crippen molar-refractivity contribution in [1.29, 1.82) is 0 Å². The van der Waals surface area contributed by atoms with E-state index in [2.05, 4.69) is 14.8 Å². The van der Waals surface area contributed by atoms with Gasteiger partial charge in [-0.1, -0.05) is 0 Å². The first kappa shape index (κ1) is 19.4. The number of aliphatic imine (C=N–C) groups is 1. The molecule has 2 N–H and O–H groups in total. The Morgan fingerprint density at radius 1 is 1.22 bits per heavy atom. The Morgan fingerprint density at radius 2 is 1.89 bits per heavy atom. The summed E-state index contributed by atoms with van der Waals surface area (Å²) < 4.78 is 18.8. The van der Waals surface area contributed by atoms with Gasteiger partial charge in [-0.25, -0.2) is 4.39 Å². The molecule has 2 atom stereocenters. The maximum Gasteiger partial charge on any atom is 0.251 e. The summed E-state index contributed by atoms with van der Waals surface area (Å²) in [6.07, 6.45) is 1.13. The van der Waals surface area contributed by atoms with E-state index < -0.39 is 0 Å². The summed E-state index contributed by atoms with van der Waals surface area (Å²) in [6, 6.07) is 6.55. The van der Waals surface area contributed by atoms with E-state index in [1.807, 2.05) is 0 Å². The van der Waals surface area contributed by atoms with E-state index in [1.165, 1.54) is 12.1 Å². The molecule has 1 aromatic rings. The van der Waals surface area contributed by atoms with Crippen molar-refractivity contribution in [2.45, 2.75) is 25.0 Å². The average Bonchev–Trinajstić information content (AvgIpc) is 3.15. The SMILES string of the molecule is CN(C)C(=O)C1CCC(CN=C(N)N2CCN(c3ccc(F)cc3)CC2)O1. The van der Waals surface area contributed by atoms with Crippen LogP contribution in [0.3, 0.4) is 0 Å². The largest absolute Gasteiger partial charge is 0.370 e. The Balaban J connectivity index is 1.46. The summed E-state index contributed by atoms with van der Waals surface area (Å²) in [7, 11) is 3.47. The van der Waals surface area contributed by atoms with Gasteiger partial charge in [-0.2, -0.15) is 0 Å². The zero-order chi connectivity index (χ0) is 19.4. The number of nitrogens with zero attached hydrogens (tertiary/aromatic N) is 4. The van der Waals surface area contributed by atoms with E-state index in [-0.39, 0.29) is 23.9 Å². The summed E-state index contributed by atoms with van der Waals surface area (Å²) in [6.45, 7) is 3.61. The van der Waals surface area contributed by atoms with Crippen LogP contribution in [-0.4, -0.2) is 80.7 Å². The molecule has 0 aromatic heterocycles. The number of hydrogen-bond acceptors (Lipinski definition) is 4. The molecule has 2 aliphatic heterocycles. The standard InChI is InChI=1S/C19H28FN5O2/c1-23(2)18(26)17-8-7-16(27-17)13-22-19(21)25-11-9-24(10-12-25)15-5-3-14(20)4-6-15/h3-6,16-17H,7-13H2,1-2H3,(H2,21,22). The Kier molecular flexibility index (Phi) is 6.15. The average molecular weight is 377 g/mol. The van der Waals surface area contributed by atoms with Gasteiger partial charge in [-0.05, 0) is 37.1 Å². The van der Waals surface area contributed by atoms with E-state index in [4.69, 9.17) is 10.5 Å². The molecule has 1 aromatic carbocycles. The van der Waals surface area contributed by atoms with Crippen LogP contribution in [0.4, 0.5) is 10.1 Å². The van der Waals surface area contributed by atoms with Crippen LogP contribution in [0, 0.1) is 5.82 Å². The van der Waals surface area contributed by atoms with Gasteiger partial charge in [0, 0.05) is 46.0 Å². The Morgan fingerprint density at radius 3 is 2.52 bits per heavy atom. The van der Waals surface area contributed by atoms with Crippen molar-refractivity contribution in [1.82, 2.24) is 9.80 Å². The van der Waals surface area contributed by atoms with Gasteiger partial charge in [-0.15, -0.1) is 0 Å². The monoisotopic (exact) mass is 377 g/mol. The number of piperazine rings is 1. The van der Waals surface area contributed by atoms with E-state index in [1.54, 1.807) is 31.1 Å². The van der Waals surface area contributed by atoms with Crippen LogP contribution in [0.25, 0.3) is 0 Å². The van der Waals surface area contributed by atoms with Gasteiger partial charge >= 0.3 is 0 Å². The van der Waals surface area contributed by atoms with Gasteiger partial charge in [0.05, 0.1) is 12.6 Å². The third-order valence-corrected chi connectivity index (χ3v) is 5.08. The lowest BCUT2D eigenvalue weighted by molar-refractivity contribution is -0.140. The number of carbonyl (C=O) groups excluding carboxylic acids is 1. The molecule has 0 radical (unpaired) electrons. The van der Waals surface area contributed by atoms with Crippen molar-refractivity contribution in [3.63, 3.8) is 0 Å². The maximum atomic E-state index is 13.1. The van der Waals surface area contributed by atoms with Gasteiger partial charge < -0.3 is 25.2 Å². The zero-order valence-electron chi connectivity index (χ0n) is 16.0. The Bertz CT molecular complexity index is 671. The number of anilines is 1. The van der Waals surface area contributed by atoms with E-state index in [0.717, 1.165) is 44.7 Å². The minimum Gasteiger partial charge on any atom is -0.370 e. The molecule has 27 heavy (non-hydrogen) atoms. The summed E-state index contributed by atoms with van der Waals surface area (Å²) in [5.74, 6) is 0.295. The zero-order valence-corrected chi connectivity index (χ0v) is 16.0. The molecule has 2 unspecified atom stereocenters. The number of rotatable bonds is 4. The first-order valence-electron chi connectivity index (χ1n) is 9.36. The van der Waals surface area contributed by atoms with Crippen molar-refractivity contribution in [3.05, 3.63) is 30.1 Å². The Labute approximate surface area is 159 Å². The quantitative estimate of drug-likeness (QED) is 0.623. The van der Waals surface area contributed by atoms with Crippen LogP contribution in [0.1, 0.15) is 12.8 Å². The molecule has 0 bridgehead atoms. The number of halogens is 1. The highest BCUT2D eigenvalue weighted by atomic mass is 19.1. The summed E-state index contributed by atoms with van der Waals surface area (Å²) in [4.78, 5) is 22.3. The molecule has 7 nitrogen and oxygen atoms in total. The van der Waals surface area contributed by atoms with Crippen LogP contribution < -0.4 is 10.6 Å². The fraction of sp³-hybridized carbons (Fsp3) is 0.579. The molecule has 1 amide bonds. The third-order valence-electron chi connectivity index (χ3n) is 5.08. The summed E-state index contributed by atoms with van der Waals surface area (Å²) in [5.41, 5.74) is 7.17. The highest BCUT2D eigenvalue weighted by Crippen LogP contribution is 2.21. The number of carbonyl (C=O) groups is 1. The second-order valence-corrected chi connectivity index (χ2v) is 7.21. The van der Waals surface area contributed by atoms with Gasteiger partial charge in [0.2, 0.25) is 0 Å². The molecule has 0 saturated carbocycles. The van der Waals surface area contributed by atoms with Gasteiger partial charge in [0.15, 0.2) is 5.96 Å². The maximum absolute atomic E-state index is 13.1. The fourth-order valence-corrected chi connectivity index (χ4v) is 3.45. The third kappa shape index (κ3) is 4.88. The molecule has 2 fully saturated rings. The second kappa shape index (κ2) is 8.56. The van der Waals surface area contributed by atoms with Crippen molar-refractivity contribution < 1.29 is 13.9 Å². The molecule has 2 heterocycles. The number of ether oxygens (including phenoxy) is 1. The topological polar surface area (TPSA) is 74.4 Å². The van der Waals surface area contributed by atoms with Crippen LogP contribution in [0.5, 0.6) is 0 Å². The van der Waals surface area contributed by atoms with E-state index >= 15 is 0 Å². The fourth-order valence-electron chi connectivity index (χ4n) is 3.45. The highest BCUT2D eigenvalue weighted by Gasteiger charge is 2.31. The molecule has 3 rings (SSSR count). The molecule has 8 heteroatoms. The van der Waals surface area contributed by atoms with Gasteiger partial charge in [0.1, 0.15) is 11.9 Å². The minimum atomic E-state index is -0.360. The first-order valence-corrected chi connectivity index (χ1v) is 9.36. The molecule has 0 spiro atoms. The van der Waals surface area contributed by atoms with Crippen molar-refractivity contribution in [2.75, 3.05) is 51.7 Å². The molecule has 0 aliphatic carbocycles. The summed E-state index contributed by atoms with van der Waals surface area (Å²) >= 11 is 0. The predicted molar refractivity (Wildman–Crippen MR) is 103 cm³/mol. The number of likely N-dealkylation sites (N-methyl/N-ethyl adjacent to an activating group) is 1. The van der Waals surface area contributed by atoms with Crippen LogP contribution in [0.2, 0.25) is 0 Å². The van der Waals surface area contributed by atoms with Crippen molar-refractivity contribution in [3.8, 4) is 0 Å². The van der Waals surface area contributed by atoms with Crippen LogP contribution in [0.15, 0.2) is 29.3 Å². The molecule has 2 saturated heterocycles.